The average Bonchev–Trinajstić information content (AvgIpc) is 3.15. The van der Waals surface area contributed by atoms with E-state index in [0.29, 0.717) is 6.04 Å². The highest BCUT2D eigenvalue weighted by Gasteiger charge is 2.13. The summed E-state index contributed by atoms with van der Waals surface area (Å²) >= 11 is 0. The molecule has 0 bridgehead atoms. The van der Waals surface area contributed by atoms with Gasteiger partial charge in [0, 0.05) is 31.4 Å². The molecule has 0 saturated carbocycles. The van der Waals surface area contributed by atoms with Gasteiger partial charge in [0.2, 0.25) is 0 Å². The fraction of sp³-hybridized carbons (Fsp3) is 0.400. The van der Waals surface area contributed by atoms with Gasteiger partial charge < -0.3 is 15.3 Å². The summed E-state index contributed by atoms with van der Waals surface area (Å²) in [5, 5.41) is 12.7. The van der Waals surface area contributed by atoms with Gasteiger partial charge in [-0.3, -0.25) is 0 Å². The van der Waals surface area contributed by atoms with Crippen molar-refractivity contribution in [2.45, 2.75) is 39.0 Å². The van der Waals surface area contributed by atoms with Crippen molar-refractivity contribution in [3.63, 3.8) is 0 Å². The maximum absolute atomic E-state index is 9.09. The lowest BCUT2D eigenvalue weighted by Crippen LogP contribution is -2.20. The van der Waals surface area contributed by atoms with Crippen LogP contribution in [0.4, 0.5) is 5.69 Å². The number of hydrogen-bond donors (Lipinski definition) is 2. The first-order valence-electron chi connectivity index (χ1n) is 8.53. The van der Waals surface area contributed by atoms with E-state index in [9.17, 15) is 0 Å². The second-order valence-electron chi connectivity index (χ2n) is 6.37. The van der Waals surface area contributed by atoms with E-state index in [1.807, 2.05) is 12.1 Å². The standard InChI is InChI=1S/C20H26N2O/c1-16(21-14-17-7-9-18(15-23)10-8-17)19-5-4-6-20(13-19)22-11-2-3-12-22/h4-10,13,16,21,23H,2-3,11-12,14-15H2,1H3. The SMILES string of the molecule is CC(NCc1ccc(CO)cc1)c1cccc(N2CCCC2)c1. The molecule has 1 fully saturated rings. The predicted octanol–water partition coefficient (Wildman–Crippen LogP) is 3.63. The van der Waals surface area contributed by atoms with Crippen LogP contribution in [-0.4, -0.2) is 18.2 Å². The minimum atomic E-state index is 0.105. The van der Waals surface area contributed by atoms with Gasteiger partial charge in [0.1, 0.15) is 0 Å². The minimum absolute atomic E-state index is 0.105. The third-order valence-electron chi connectivity index (χ3n) is 4.66. The van der Waals surface area contributed by atoms with E-state index in [2.05, 4.69) is 53.5 Å². The Hall–Kier alpha value is -1.84. The highest BCUT2D eigenvalue weighted by Crippen LogP contribution is 2.24. The second kappa shape index (κ2) is 7.62. The molecule has 0 spiro atoms. The molecule has 1 aliphatic rings. The summed E-state index contributed by atoms with van der Waals surface area (Å²) in [5.41, 5.74) is 4.88. The maximum Gasteiger partial charge on any atom is 0.0681 e. The lowest BCUT2D eigenvalue weighted by atomic mass is 10.1. The highest BCUT2D eigenvalue weighted by molar-refractivity contribution is 5.49. The van der Waals surface area contributed by atoms with E-state index in [1.165, 1.54) is 42.7 Å². The minimum Gasteiger partial charge on any atom is -0.392 e. The molecule has 2 aromatic rings. The average molecular weight is 310 g/mol. The molecule has 0 aromatic heterocycles. The number of hydrogen-bond acceptors (Lipinski definition) is 3. The van der Waals surface area contributed by atoms with Crippen molar-refractivity contribution < 1.29 is 5.11 Å². The van der Waals surface area contributed by atoms with Crippen LogP contribution in [0.25, 0.3) is 0 Å². The van der Waals surface area contributed by atoms with Crippen molar-refractivity contribution in [3.05, 3.63) is 65.2 Å². The zero-order valence-electron chi connectivity index (χ0n) is 13.8. The third-order valence-corrected chi connectivity index (χ3v) is 4.66. The molecule has 0 aliphatic carbocycles. The summed E-state index contributed by atoms with van der Waals surface area (Å²) in [7, 11) is 0. The monoisotopic (exact) mass is 310 g/mol. The molecule has 3 heteroatoms. The fourth-order valence-electron chi connectivity index (χ4n) is 3.12. The largest absolute Gasteiger partial charge is 0.392 e. The smallest absolute Gasteiger partial charge is 0.0681 e. The van der Waals surface area contributed by atoms with E-state index in [0.717, 1.165) is 12.1 Å². The number of benzene rings is 2. The van der Waals surface area contributed by atoms with Crippen molar-refractivity contribution in [1.29, 1.82) is 0 Å². The second-order valence-corrected chi connectivity index (χ2v) is 6.37. The highest BCUT2D eigenvalue weighted by atomic mass is 16.3. The normalized spacial score (nSPS) is 15.8. The van der Waals surface area contributed by atoms with Crippen molar-refractivity contribution in [3.8, 4) is 0 Å². The topological polar surface area (TPSA) is 35.5 Å². The number of aliphatic hydroxyl groups is 1. The summed E-state index contributed by atoms with van der Waals surface area (Å²) in [6.45, 7) is 5.52. The van der Waals surface area contributed by atoms with Gasteiger partial charge in [-0.1, -0.05) is 36.4 Å². The van der Waals surface area contributed by atoms with E-state index < -0.39 is 0 Å². The molecule has 0 radical (unpaired) electrons. The fourth-order valence-corrected chi connectivity index (χ4v) is 3.12. The Bertz CT molecular complexity index is 618. The van der Waals surface area contributed by atoms with Crippen LogP contribution in [0.2, 0.25) is 0 Å². The predicted molar refractivity (Wildman–Crippen MR) is 95.5 cm³/mol. The van der Waals surface area contributed by atoms with Gasteiger partial charge in [0.05, 0.1) is 6.61 Å². The molecule has 122 valence electrons. The van der Waals surface area contributed by atoms with Gasteiger partial charge in [-0.25, -0.2) is 0 Å². The molecule has 23 heavy (non-hydrogen) atoms. The summed E-state index contributed by atoms with van der Waals surface area (Å²) in [6.07, 6.45) is 2.61. The number of aliphatic hydroxyl groups excluding tert-OH is 1. The Balaban J connectivity index is 1.60. The summed E-state index contributed by atoms with van der Waals surface area (Å²) in [6, 6.07) is 17.3. The molecular formula is C20H26N2O. The van der Waals surface area contributed by atoms with Gasteiger partial charge in [-0.2, -0.15) is 0 Å². The van der Waals surface area contributed by atoms with Crippen LogP contribution in [0.3, 0.4) is 0 Å². The van der Waals surface area contributed by atoms with Crippen LogP contribution in [0.15, 0.2) is 48.5 Å². The van der Waals surface area contributed by atoms with E-state index in [-0.39, 0.29) is 6.61 Å². The van der Waals surface area contributed by atoms with Gasteiger partial charge in [-0.05, 0) is 48.6 Å². The number of rotatable bonds is 6. The van der Waals surface area contributed by atoms with Crippen LogP contribution in [-0.2, 0) is 13.2 Å². The Labute approximate surface area is 139 Å². The molecule has 3 rings (SSSR count). The Morgan fingerprint density at radius 1 is 1.04 bits per heavy atom. The summed E-state index contributed by atoms with van der Waals surface area (Å²) < 4.78 is 0. The van der Waals surface area contributed by atoms with Crippen molar-refractivity contribution in [1.82, 2.24) is 5.32 Å². The van der Waals surface area contributed by atoms with Crippen LogP contribution < -0.4 is 10.2 Å². The van der Waals surface area contributed by atoms with Crippen LogP contribution >= 0.6 is 0 Å². The molecule has 1 saturated heterocycles. The maximum atomic E-state index is 9.09. The van der Waals surface area contributed by atoms with Crippen LogP contribution in [0.5, 0.6) is 0 Å². The molecule has 2 aromatic carbocycles. The van der Waals surface area contributed by atoms with Crippen LogP contribution in [0.1, 0.15) is 42.5 Å². The first-order valence-corrected chi connectivity index (χ1v) is 8.53. The Morgan fingerprint density at radius 2 is 1.74 bits per heavy atom. The Morgan fingerprint density at radius 3 is 2.43 bits per heavy atom. The molecule has 3 nitrogen and oxygen atoms in total. The van der Waals surface area contributed by atoms with Crippen molar-refractivity contribution >= 4 is 5.69 Å². The number of anilines is 1. The van der Waals surface area contributed by atoms with Crippen molar-refractivity contribution in [2.75, 3.05) is 18.0 Å². The van der Waals surface area contributed by atoms with Crippen LogP contribution in [0, 0.1) is 0 Å². The van der Waals surface area contributed by atoms with E-state index in [1.54, 1.807) is 0 Å². The van der Waals surface area contributed by atoms with Gasteiger partial charge in [0.15, 0.2) is 0 Å². The molecule has 2 N–H and O–H groups in total. The molecule has 1 aliphatic heterocycles. The molecule has 1 heterocycles. The van der Waals surface area contributed by atoms with Gasteiger partial charge >= 0.3 is 0 Å². The molecule has 0 amide bonds. The first kappa shape index (κ1) is 16.0. The Kier molecular flexibility index (Phi) is 5.31. The summed E-state index contributed by atoms with van der Waals surface area (Å²) in [4.78, 5) is 2.48. The van der Waals surface area contributed by atoms with Gasteiger partial charge in [0.25, 0.3) is 0 Å². The molecule has 1 unspecified atom stereocenters. The van der Waals surface area contributed by atoms with E-state index in [4.69, 9.17) is 5.11 Å². The lowest BCUT2D eigenvalue weighted by molar-refractivity contribution is 0.282. The number of nitrogens with one attached hydrogen (secondary N) is 1. The summed E-state index contributed by atoms with van der Waals surface area (Å²) in [5.74, 6) is 0. The van der Waals surface area contributed by atoms with E-state index >= 15 is 0 Å². The zero-order chi connectivity index (χ0) is 16.1. The third kappa shape index (κ3) is 4.12. The quantitative estimate of drug-likeness (QED) is 0.855. The first-order chi connectivity index (χ1) is 11.3. The zero-order valence-corrected chi connectivity index (χ0v) is 13.8. The molecule has 1 atom stereocenters. The lowest BCUT2D eigenvalue weighted by Gasteiger charge is -2.21. The van der Waals surface area contributed by atoms with Gasteiger partial charge in [-0.15, -0.1) is 0 Å². The van der Waals surface area contributed by atoms with Crippen molar-refractivity contribution in [2.24, 2.45) is 0 Å². The molecular weight excluding hydrogens is 284 g/mol. The number of nitrogens with zero attached hydrogens (tertiary/aromatic N) is 1.